The van der Waals surface area contributed by atoms with Gasteiger partial charge in [0.2, 0.25) is 0 Å². The van der Waals surface area contributed by atoms with Gasteiger partial charge in [-0.1, -0.05) is 13.8 Å². The number of nitrogens with one attached hydrogen (secondary N) is 1. The molecule has 4 heteroatoms. The minimum atomic E-state index is 0.822. The van der Waals surface area contributed by atoms with E-state index in [4.69, 9.17) is 0 Å². The number of pyridine rings is 1. The lowest BCUT2D eigenvalue weighted by molar-refractivity contribution is 0.815. The van der Waals surface area contributed by atoms with E-state index < -0.39 is 0 Å². The minimum absolute atomic E-state index is 0.822. The molecule has 2 aromatic rings. The largest absolute Gasteiger partial charge is 0.370 e. The van der Waals surface area contributed by atoms with Crippen LogP contribution in [0.2, 0.25) is 0 Å². The first-order chi connectivity index (χ1) is 9.81. The number of hydrogen-bond donors (Lipinski definition) is 1. The van der Waals surface area contributed by atoms with Gasteiger partial charge >= 0.3 is 0 Å². The van der Waals surface area contributed by atoms with Gasteiger partial charge in [-0.2, -0.15) is 0 Å². The zero-order valence-corrected chi connectivity index (χ0v) is 12.3. The average Bonchev–Trinajstić information content (AvgIpc) is 2.46. The second-order valence-corrected chi connectivity index (χ2v) is 4.87. The molecule has 0 atom stereocenters. The maximum absolute atomic E-state index is 4.65. The lowest BCUT2D eigenvalue weighted by atomic mass is 10.1. The fraction of sp³-hybridized carbons (Fsp3) is 0.438. The van der Waals surface area contributed by atoms with Gasteiger partial charge in [0, 0.05) is 37.8 Å². The zero-order chi connectivity index (χ0) is 14.2. The number of hydrogen-bond acceptors (Lipinski definition) is 4. The lowest BCUT2D eigenvalue weighted by Gasteiger charge is -2.09. The van der Waals surface area contributed by atoms with Crippen molar-refractivity contribution >= 4 is 5.82 Å². The van der Waals surface area contributed by atoms with E-state index >= 15 is 0 Å². The Balaban J connectivity index is 2.19. The smallest absolute Gasteiger partial charge is 0.131 e. The highest BCUT2D eigenvalue weighted by Gasteiger charge is 2.05. The predicted molar refractivity (Wildman–Crippen MR) is 81.9 cm³/mol. The van der Waals surface area contributed by atoms with Gasteiger partial charge in [0.15, 0.2) is 0 Å². The van der Waals surface area contributed by atoms with Crippen molar-refractivity contribution in [3.05, 3.63) is 47.7 Å². The van der Waals surface area contributed by atoms with Crippen LogP contribution in [0.4, 0.5) is 5.82 Å². The molecule has 0 amide bonds. The Labute approximate surface area is 120 Å². The van der Waals surface area contributed by atoms with Gasteiger partial charge in [0.25, 0.3) is 0 Å². The quantitative estimate of drug-likeness (QED) is 0.839. The fourth-order valence-corrected chi connectivity index (χ4v) is 2.03. The molecule has 106 valence electrons. The lowest BCUT2D eigenvalue weighted by Crippen LogP contribution is -2.07. The molecular formula is C16H22N4. The molecule has 0 unspecified atom stereocenters. The van der Waals surface area contributed by atoms with Crippen LogP contribution in [0, 0.1) is 0 Å². The van der Waals surface area contributed by atoms with Crippen LogP contribution in [0.15, 0.2) is 30.6 Å². The van der Waals surface area contributed by atoms with Crippen LogP contribution in [0.25, 0.3) is 0 Å². The Morgan fingerprint density at radius 2 is 1.85 bits per heavy atom. The van der Waals surface area contributed by atoms with Crippen LogP contribution in [-0.2, 0) is 12.8 Å². The maximum atomic E-state index is 4.65. The van der Waals surface area contributed by atoms with Crippen molar-refractivity contribution in [3.8, 4) is 0 Å². The average molecular weight is 270 g/mol. The van der Waals surface area contributed by atoms with Crippen molar-refractivity contribution in [2.75, 3.05) is 11.9 Å². The fourth-order valence-electron chi connectivity index (χ4n) is 2.03. The van der Waals surface area contributed by atoms with Crippen LogP contribution in [0.3, 0.4) is 0 Å². The Morgan fingerprint density at radius 3 is 2.55 bits per heavy atom. The van der Waals surface area contributed by atoms with E-state index in [1.165, 1.54) is 5.56 Å². The summed E-state index contributed by atoms with van der Waals surface area (Å²) in [5.41, 5.74) is 2.29. The van der Waals surface area contributed by atoms with Gasteiger partial charge in [0.1, 0.15) is 11.6 Å². The molecule has 0 aliphatic rings. The summed E-state index contributed by atoms with van der Waals surface area (Å²) < 4.78 is 0. The third-order valence-electron chi connectivity index (χ3n) is 2.99. The highest BCUT2D eigenvalue weighted by Crippen LogP contribution is 2.12. The Bertz CT molecular complexity index is 525. The molecule has 2 aromatic heterocycles. The van der Waals surface area contributed by atoms with Crippen molar-refractivity contribution in [1.29, 1.82) is 0 Å². The maximum Gasteiger partial charge on any atom is 0.131 e. The molecule has 2 heterocycles. The van der Waals surface area contributed by atoms with E-state index in [0.29, 0.717) is 0 Å². The third kappa shape index (κ3) is 4.30. The molecule has 0 radical (unpaired) electrons. The Hall–Kier alpha value is -1.97. The monoisotopic (exact) mass is 270 g/mol. The van der Waals surface area contributed by atoms with Crippen LogP contribution in [-0.4, -0.2) is 21.5 Å². The molecule has 0 saturated heterocycles. The van der Waals surface area contributed by atoms with Gasteiger partial charge in [-0.25, -0.2) is 9.97 Å². The molecule has 0 aliphatic carbocycles. The summed E-state index contributed by atoms with van der Waals surface area (Å²) in [5.74, 6) is 1.87. The highest BCUT2D eigenvalue weighted by molar-refractivity contribution is 5.37. The molecule has 0 aliphatic heterocycles. The van der Waals surface area contributed by atoms with E-state index in [2.05, 4.69) is 40.2 Å². The van der Waals surface area contributed by atoms with Gasteiger partial charge in [0.05, 0.1) is 5.69 Å². The van der Waals surface area contributed by atoms with Gasteiger partial charge in [-0.05, 0) is 30.5 Å². The van der Waals surface area contributed by atoms with E-state index in [1.54, 1.807) is 0 Å². The van der Waals surface area contributed by atoms with Crippen molar-refractivity contribution in [2.45, 2.75) is 39.5 Å². The predicted octanol–water partition coefficient (Wildman–Crippen LogP) is 3.24. The Kier molecular flexibility index (Phi) is 5.47. The molecule has 0 saturated carbocycles. The van der Waals surface area contributed by atoms with Crippen molar-refractivity contribution in [3.63, 3.8) is 0 Å². The van der Waals surface area contributed by atoms with Crippen LogP contribution in [0.5, 0.6) is 0 Å². The summed E-state index contributed by atoms with van der Waals surface area (Å²) in [7, 11) is 0. The van der Waals surface area contributed by atoms with Crippen molar-refractivity contribution < 1.29 is 0 Å². The molecule has 0 fully saturated rings. The normalized spacial score (nSPS) is 10.5. The molecule has 4 nitrogen and oxygen atoms in total. The van der Waals surface area contributed by atoms with Crippen molar-refractivity contribution in [1.82, 2.24) is 15.0 Å². The van der Waals surface area contributed by atoms with E-state index in [0.717, 1.165) is 49.6 Å². The summed E-state index contributed by atoms with van der Waals surface area (Å²) in [6.07, 6.45) is 7.53. The first-order valence-electron chi connectivity index (χ1n) is 7.31. The molecule has 0 aromatic carbocycles. The number of rotatable bonds is 7. The summed E-state index contributed by atoms with van der Waals surface area (Å²) in [6.45, 7) is 5.24. The molecule has 0 spiro atoms. The second-order valence-electron chi connectivity index (χ2n) is 4.87. The van der Waals surface area contributed by atoms with Crippen molar-refractivity contribution in [2.24, 2.45) is 0 Å². The first kappa shape index (κ1) is 14.4. The zero-order valence-electron chi connectivity index (χ0n) is 12.3. The Morgan fingerprint density at radius 1 is 1.05 bits per heavy atom. The molecule has 2 rings (SSSR count). The first-order valence-corrected chi connectivity index (χ1v) is 7.31. The standard InChI is InChI=1S/C16H22N4/c1-3-5-15-19-14(11-13-6-9-17-10-7-13)12-16(20-15)18-8-4-2/h6-7,9-10,12H,3-5,8,11H2,1-2H3,(H,18,19,20). The summed E-state index contributed by atoms with van der Waals surface area (Å²) in [5, 5.41) is 3.36. The van der Waals surface area contributed by atoms with Crippen LogP contribution < -0.4 is 5.32 Å². The van der Waals surface area contributed by atoms with E-state index in [1.807, 2.05) is 24.5 Å². The van der Waals surface area contributed by atoms with E-state index in [-0.39, 0.29) is 0 Å². The number of anilines is 1. The molecular weight excluding hydrogens is 248 g/mol. The molecule has 20 heavy (non-hydrogen) atoms. The SMILES string of the molecule is CCCNc1cc(Cc2ccncc2)nc(CCC)n1. The van der Waals surface area contributed by atoms with Gasteiger partial charge in [-0.15, -0.1) is 0 Å². The number of aryl methyl sites for hydroxylation is 1. The van der Waals surface area contributed by atoms with Crippen LogP contribution >= 0.6 is 0 Å². The van der Waals surface area contributed by atoms with Crippen LogP contribution in [0.1, 0.15) is 43.8 Å². The molecule has 1 N–H and O–H groups in total. The van der Waals surface area contributed by atoms with Gasteiger partial charge in [-0.3, -0.25) is 4.98 Å². The summed E-state index contributed by atoms with van der Waals surface area (Å²) >= 11 is 0. The third-order valence-corrected chi connectivity index (χ3v) is 2.99. The minimum Gasteiger partial charge on any atom is -0.370 e. The summed E-state index contributed by atoms with van der Waals surface area (Å²) in [4.78, 5) is 13.3. The highest BCUT2D eigenvalue weighted by atomic mass is 15.0. The second kappa shape index (κ2) is 7.58. The number of aromatic nitrogens is 3. The summed E-state index contributed by atoms with van der Waals surface area (Å²) in [6, 6.07) is 6.11. The van der Waals surface area contributed by atoms with Gasteiger partial charge < -0.3 is 5.32 Å². The van der Waals surface area contributed by atoms with E-state index in [9.17, 15) is 0 Å². The molecule has 0 bridgehead atoms. The number of nitrogens with zero attached hydrogens (tertiary/aromatic N) is 3. The topological polar surface area (TPSA) is 50.7 Å².